The molecule has 8 heteroatoms. The summed E-state index contributed by atoms with van der Waals surface area (Å²) in [6, 6.07) is 11.1. The Hall–Kier alpha value is -2.35. The topological polar surface area (TPSA) is 58.2 Å². The van der Waals surface area contributed by atoms with E-state index in [4.69, 9.17) is 0 Å². The number of carbonyl (C=O) groups excluding carboxylic acids is 2. The SMILES string of the molecule is O=C(Cc1cccc(C(F)(F)F)c1)NNC(=O)c1ccccc1Br. The highest BCUT2D eigenvalue weighted by Gasteiger charge is 2.30. The van der Waals surface area contributed by atoms with E-state index >= 15 is 0 Å². The summed E-state index contributed by atoms with van der Waals surface area (Å²) in [6.45, 7) is 0. The third-order valence-electron chi connectivity index (χ3n) is 3.05. The molecule has 0 spiro atoms. The first-order valence-electron chi connectivity index (χ1n) is 6.77. The molecule has 0 unspecified atom stereocenters. The van der Waals surface area contributed by atoms with Gasteiger partial charge < -0.3 is 0 Å². The third kappa shape index (κ3) is 4.82. The van der Waals surface area contributed by atoms with E-state index in [1.165, 1.54) is 12.1 Å². The Morgan fingerprint density at radius 3 is 2.38 bits per heavy atom. The van der Waals surface area contributed by atoms with Crippen LogP contribution in [0.25, 0.3) is 0 Å². The molecule has 2 aromatic rings. The number of hydrogen-bond donors (Lipinski definition) is 2. The average molecular weight is 401 g/mol. The summed E-state index contributed by atoms with van der Waals surface area (Å²) in [7, 11) is 0. The molecule has 0 bridgehead atoms. The molecule has 2 aromatic carbocycles. The molecule has 0 saturated heterocycles. The second-order valence-electron chi connectivity index (χ2n) is 4.86. The van der Waals surface area contributed by atoms with Gasteiger partial charge in [-0.15, -0.1) is 0 Å². The second kappa shape index (κ2) is 7.48. The maximum atomic E-state index is 12.6. The Morgan fingerprint density at radius 2 is 1.71 bits per heavy atom. The number of benzene rings is 2. The number of alkyl halides is 3. The predicted molar refractivity (Wildman–Crippen MR) is 84.9 cm³/mol. The summed E-state index contributed by atoms with van der Waals surface area (Å²) in [4.78, 5) is 23.7. The molecule has 4 nitrogen and oxygen atoms in total. The fourth-order valence-corrected chi connectivity index (χ4v) is 2.39. The highest BCUT2D eigenvalue weighted by Crippen LogP contribution is 2.29. The fourth-order valence-electron chi connectivity index (χ4n) is 1.93. The molecule has 0 aliphatic heterocycles. The van der Waals surface area contributed by atoms with Crippen LogP contribution >= 0.6 is 15.9 Å². The zero-order valence-electron chi connectivity index (χ0n) is 12.2. The van der Waals surface area contributed by atoms with Gasteiger partial charge in [-0.3, -0.25) is 20.4 Å². The van der Waals surface area contributed by atoms with Crippen molar-refractivity contribution < 1.29 is 22.8 Å². The van der Waals surface area contributed by atoms with Gasteiger partial charge in [-0.05, 0) is 39.7 Å². The van der Waals surface area contributed by atoms with E-state index in [9.17, 15) is 22.8 Å². The minimum atomic E-state index is -4.47. The Labute approximate surface area is 144 Å². The number of amides is 2. The summed E-state index contributed by atoms with van der Waals surface area (Å²) < 4.78 is 38.4. The molecule has 0 heterocycles. The van der Waals surface area contributed by atoms with Crippen molar-refractivity contribution in [3.8, 4) is 0 Å². The van der Waals surface area contributed by atoms with Crippen LogP contribution in [0.2, 0.25) is 0 Å². The number of hydrazine groups is 1. The van der Waals surface area contributed by atoms with Gasteiger partial charge in [-0.25, -0.2) is 0 Å². The predicted octanol–water partition coefficient (Wildman–Crippen LogP) is 3.47. The zero-order valence-corrected chi connectivity index (χ0v) is 13.7. The standard InChI is InChI=1S/C16H12BrF3N2O2/c17-13-7-2-1-6-12(13)15(24)22-21-14(23)9-10-4-3-5-11(8-10)16(18,19)20/h1-8H,9H2,(H,21,23)(H,22,24). The summed E-state index contributed by atoms with van der Waals surface area (Å²) >= 11 is 3.20. The van der Waals surface area contributed by atoms with E-state index in [0.29, 0.717) is 10.0 Å². The van der Waals surface area contributed by atoms with Crippen molar-refractivity contribution in [2.24, 2.45) is 0 Å². The van der Waals surface area contributed by atoms with Crippen molar-refractivity contribution in [1.82, 2.24) is 10.9 Å². The van der Waals surface area contributed by atoms with E-state index in [1.54, 1.807) is 24.3 Å². The van der Waals surface area contributed by atoms with Gasteiger partial charge in [0.15, 0.2) is 0 Å². The molecule has 0 atom stereocenters. The summed E-state index contributed by atoms with van der Waals surface area (Å²) in [5, 5.41) is 0. The number of carbonyl (C=O) groups is 2. The first kappa shape index (κ1) is 18.0. The number of rotatable bonds is 3. The van der Waals surface area contributed by atoms with Crippen molar-refractivity contribution in [2.45, 2.75) is 12.6 Å². The van der Waals surface area contributed by atoms with Crippen molar-refractivity contribution in [1.29, 1.82) is 0 Å². The summed E-state index contributed by atoms with van der Waals surface area (Å²) in [6.07, 6.45) is -4.76. The van der Waals surface area contributed by atoms with Gasteiger partial charge in [0, 0.05) is 4.47 Å². The van der Waals surface area contributed by atoms with Gasteiger partial charge in [0.05, 0.1) is 17.5 Å². The van der Waals surface area contributed by atoms with Gasteiger partial charge in [0.2, 0.25) is 5.91 Å². The van der Waals surface area contributed by atoms with Crippen LogP contribution in [0, 0.1) is 0 Å². The van der Waals surface area contributed by atoms with Crippen LogP contribution in [0.15, 0.2) is 53.0 Å². The molecule has 2 rings (SSSR count). The number of halogens is 4. The molecule has 0 aliphatic carbocycles. The lowest BCUT2D eigenvalue weighted by Gasteiger charge is -2.10. The Bertz CT molecular complexity index is 763. The van der Waals surface area contributed by atoms with Gasteiger partial charge in [-0.1, -0.05) is 30.3 Å². The average Bonchev–Trinajstić information content (AvgIpc) is 2.52. The van der Waals surface area contributed by atoms with E-state index < -0.39 is 23.6 Å². The van der Waals surface area contributed by atoms with Crippen LogP contribution in [-0.2, 0) is 17.4 Å². The van der Waals surface area contributed by atoms with Gasteiger partial charge in [0.1, 0.15) is 0 Å². The smallest absolute Gasteiger partial charge is 0.273 e. The third-order valence-corrected chi connectivity index (χ3v) is 3.74. The number of nitrogens with one attached hydrogen (secondary N) is 2. The van der Waals surface area contributed by atoms with Crippen LogP contribution in [0.4, 0.5) is 13.2 Å². The first-order chi connectivity index (χ1) is 11.3. The Kier molecular flexibility index (Phi) is 5.61. The van der Waals surface area contributed by atoms with Crippen LogP contribution in [0.1, 0.15) is 21.5 Å². The van der Waals surface area contributed by atoms with Crippen LogP contribution in [-0.4, -0.2) is 11.8 Å². The minimum absolute atomic E-state index is 0.192. The van der Waals surface area contributed by atoms with Crippen molar-refractivity contribution >= 4 is 27.7 Å². The molecular formula is C16H12BrF3N2O2. The largest absolute Gasteiger partial charge is 0.416 e. The van der Waals surface area contributed by atoms with Crippen LogP contribution < -0.4 is 10.9 Å². The van der Waals surface area contributed by atoms with E-state index in [1.807, 2.05) is 0 Å². The fraction of sp³-hybridized carbons (Fsp3) is 0.125. The van der Waals surface area contributed by atoms with E-state index in [0.717, 1.165) is 12.1 Å². The van der Waals surface area contributed by atoms with Gasteiger partial charge in [-0.2, -0.15) is 13.2 Å². The Morgan fingerprint density at radius 1 is 1.00 bits per heavy atom. The molecule has 0 fully saturated rings. The van der Waals surface area contributed by atoms with Crippen LogP contribution in [0.5, 0.6) is 0 Å². The van der Waals surface area contributed by atoms with Crippen LogP contribution in [0.3, 0.4) is 0 Å². The lowest BCUT2D eigenvalue weighted by atomic mass is 10.1. The maximum absolute atomic E-state index is 12.6. The Balaban J connectivity index is 1.95. The summed E-state index contributed by atoms with van der Waals surface area (Å²) in [5.41, 5.74) is 4.07. The second-order valence-corrected chi connectivity index (χ2v) is 5.71. The molecule has 24 heavy (non-hydrogen) atoms. The molecule has 0 aromatic heterocycles. The molecule has 0 radical (unpaired) electrons. The highest BCUT2D eigenvalue weighted by molar-refractivity contribution is 9.10. The number of hydrogen-bond acceptors (Lipinski definition) is 2. The normalized spacial score (nSPS) is 11.0. The van der Waals surface area contributed by atoms with E-state index in [-0.39, 0.29) is 12.0 Å². The molecule has 2 amide bonds. The van der Waals surface area contributed by atoms with Crippen molar-refractivity contribution in [3.05, 3.63) is 69.7 Å². The first-order valence-corrected chi connectivity index (χ1v) is 7.56. The molecule has 2 N–H and O–H groups in total. The van der Waals surface area contributed by atoms with Gasteiger partial charge >= 0.3 is 6.18 Å². The van der Waals surface area contributed by atoms with Crippen molar-refractivity contribution in [2.75, 3.05) is 0 Å². The van der Waals surface area contributed by atoms with Gasteiger partial charge in [0.25, 0.3) is 5.91 Å². The molecule has 0 saturated carbocycles. The lowest BCUT2D eigenvalue weighted by Crippen LogP contribution is -2.42. The lowest BCUT2D eigenvalue weighted by molar-refractivity contribution is -0.137. The monoisotopic (exact) mass is 400 g/mol. The zero-order chi connectivity index (χ0) is 17.7. The quantitative estimate of drug-likeness (QED) is 0.774. The summed E-state index contributed by atoms with van der Waals surface area (Å²) in [5.74, 6) is -1.17. The van der Waals surface area contributed by atoms with E-state index in [2.05, 4.69) is 26.8 Å². The maximum Gasteiger partial charge on any atom is 0.416 e. The molecular weight excluding hydrogens is 389 g/mol. The minimum Gasteiger partial charge on any atom is -0.273 e. The molecule has 126 valence electrons. The highest BCUT2D eigenvalue weighted by atomic mass is 79.9. The van der Waals surface area contributed by atoms with Crippen molar-refractivity contribution in [3.63, 3.8) is 0 Å². The molecule has 0 aliphatic rings.